The zero-order chi connectivity index (χ0) is 13.9. The Labute approximate surface area is 113 Å². The van der Waals surface area contributed by atoms with E-state index >= 15 is 0 Å². The summed E-state index contributed by atoms with van der Waals surface area (Å²) in [5.41, 5.74) is 0. The molecule has 0 radical (unpaired) electrons. The van der Waals surface area contributed by atoms with Gasteiger partial charge in [-0.1, -0.05) is 18.6 Å². The molecule has 1 N–H and O–H groups in total. The van der Waals surface area contributed by atoms with E-state index in [9.17, 15) is 8.42 Å². The Morgan fingerprint density at radius 2 is 2.05 bits per heavy atom. The van der Waals surface area contributed by atoms with E-state index in [1.165, 1.54) is 17.5 Å². The van der Waals surface area contributed by atoms with Gasteiger partial charge in [0.25, 0.3) is 0 Å². The molecule has 1 aromatic carbocycles. The topological polar surface area (TPSA) is 66.8 Å². The van der Waals surface area contributed by atoms with Crippen LogP contribution in [0.15, 0.2) is 29.2 Å². The molecule has 0 unspecified atom stereocenters. The molecule has 1 fully saturated rings. The second-order valence-electron chi connectivity index (χ2n) is 4.57. The molecule has 0 aromatic heterocycles. The number of aliphatic hydroxyl groups is 1. The van der Waals surface area contributed by atoms with Crippen molar-refractivity contribution in [1.29, 1.82) is 0 Å². The first-order valence-electron chi connectivity index (χ1n) is 6.37. The standard InChI is InChI=1S/C13H19NO4S/c1-18-12-7-2-3-8-13(12)19(16,17)14(9-10-15)11-5-4-6-11/h2-3,7-8,11,15H,4-6,9-10H2,1H3. The number of sulfonamides is 1. The van der Waals surface area contributed by atoms with Crippen LogP contribution in [0.2, 0.25) is 0 Å². The molecule has 1 aliphatic carbocycles. The monoisotopic (exact) mass is 285 g/mol. The molecule has 19 heavy (non-hydrogen) atoms. The second-order valence-corrected chi connectivity index (χ2v) is 6.43. The third-order valence-electron chi connectivity index (χ3n) is 3.46. The molecule has 106 valence electrons. The maximum Gasteiger partial charge on any atom is 0.247 e. The molecule has 1 saturated carbocycles. The number of nitrogens with zero attached hydrogens (tertiary/aromatic N) is 1. The zero-order valence-corrected chi connectivity index (χ0v) is 11.8. The summed E-state index contributed by atoms with van der Waals surface area (Å²) in [6.07, 6.45) is 2.75. The minimum atomic E-state index is -3.62. The lowest BCUT2D eigenvalue weighted by molar-refractivity contribution is 0.178. The maximum absolute atomic E-state index is 12.7. The Kier molecular flexibility index (Phi) is 4.44. The molecule has 1 aliphatic rings. The van der Waals surface area contributed by atoms with Crippen molar-refractivity contribution < 1.29 is 18.3 Å². The van der Waals surface area contributed by atoms with Gasteiger partial charge in [0.05, 0.1) is 13.7 Å². The van der Waals surface area contributed by atoms with Crippen molar-refractivity contribution in [3.8, 4) is 5.75 Å². The van der Waals surface area contributed by atoms with Crippen molar-refractivity contribution in [2.24, 2.45) is 0 Å². The van der Waals surface area contributed by atoms with Crippen LogP contribution in [0, 0.1) is 0 Å². The molecule has 0 aliphatic heterocycles. The van der Waals surface area contributed by atoms with Crippen molar-refractivity contribution in [2.45, 2.75) is 30.2 Å². The van der Waals surface area contributed by atoms with Gasteiger partial charge in [0.1, 0.15) is 10.6 Å². The molecular formula is C13H19NO4S. The van der Waals surface area contributed by atoms with Gasteiger partial charge in [-0.3, -0.25) is 0 Å². The van der Waals surface area contributed by atoms with Gasteiger partial charge in [-0.15, -0.1) is 0 Å². The Morgan fingerprint density at radius 3 is 2.58 bits per heavy atom. The smallest absolute Gasteiger partial charge is 0.247 e. The molecule has 0 saturated heterocycles. The first kappa shape index (κ1) is 14.3. The maximum atomic E-state index is 12.7. The van der Waals surface area contributed by atoms with E-state index in [1.807, 2.05) is 0 Å². The lowest BCUT2D eigenvalue weighted by Gasteiger charge is -2.36. The van der Waals surface area contributed by atoms with Crippen LogP contribution in [-0.2, 0) is 10.0 Å². The minimum Gasteiger partial charge on any atom is -0.495 e. The SMILES string of the molecule is COc1ccccc1S(=O)(=O)N(CCO)C1CCC1. The fourth-order valence-corrected chi connectivity index (χ4v) is 4.06. The molecule has 0 spiro atoms. The quantitative estimate of drug-likeness (QED) is 0.853. The van der Waals surface area contributed by atoms with Gasteiger partial charge in [0, 0.05) is 12.6 Å². The number of rotatable bonds is 6. The summed E-state index contributed by atoms with van der Waals surface area (Å²) in [7, 11) is -2.17. The Morgan fingerprint density at radius 1 is 1.37 bits per heavy atom. The Balaban J connectivity index is 2.38. The summed E-state index contributed by atoms with van der Waals surface area (Å²) in [6.45, 7) is -0.0457. The average Bonchev–Trinajstić information content (AvgIpc) is 2.36. The zero-order valence-electron chi connectivity index (χ0n) is 10.9. The summed E-state index contributed by atoms with van der Waals surface area (Å²) >= 11 is 0. The molecule has 1 aromatic rings. The van der Waals surface area contributed by atoms with Gasteiger partial charge in [-0.05, 0) is 25.0 Å². The summed E-state index contributed by atoms with van der Waals surface area (Å²) in [5.74, 6) is 0.338. The first-order valence-corrected chi connectivity index (χ1v) is 7.81. The van der Waals surface area contributed by atoms with E-state index < -0.39 is 10.0 Å². The van der Waals surface area contributed by atoms with Crippen LogP contribution in [0.3, 0.4) is 0 Å². The van der Waals surface area contributed by atoms with Gasteiger partial charge in [-0.2, -0.15) is 4.31 Å². The predicted molar refractivity (Wildman–Crippen MR) is 71.6 cm³/mol. The third kappa shape index (κ3) is 2.75. The normalized spacial score (nSPS) is 16.4. The van der Waals surface area contributed by atoms with Crippen LogP contribution in [-0.4, -0.2) is 44.1 Å². The fourth-order valence-electron chi connectivity index (χ4n) is 2.23. The lowest BCUT2D eigenvalue weighted by Crippen LogP contribution is -2.45. The summed E-state index contributed by atoms with van der Waals surface area (Å²) in [5, 5.41) is 9.10. The molecule has 0 heterocycles. The largest absolute Gasteiger partial charge is 0.495 e. The highest BCUT2D eigenvalue weighted by atomic mass is 32.2. The van der Waals surface area contributed by atoms with E-state index in [0.717, 1.165) is 19.3 Å². The van der Waals surface area contributed by atoms with Crippen molar-refractivity contribution in [1.82, 2.24) is 4.31 Å². The van der Waals surface area contributed by atoms with Gasteiger partial charge >= 0.3 is 0 Å². The lowest BCUT2D eigenvalue weighted by atomic mass is 9.93. The molecule has 0 amide bonds. The van der Waals surface area contributed by atoms with Crippen LogP contribution in [0.25, 0.3) is 0 Å². The number of para-hydroxylation sites is 1. The highest BCUT2D eigenvalue weighted by Gasteiger charge is 2.35. The number of aliphatic hydroxyl groups excluding tert-OH is 1. The van der Waals surface area contributed by atoms with E-state index in [4.69, 9.17) is 9.84 Å². The molecular weight excluding hydrogens is 266 g/mol. The molecule has 6 heteroatoms. The number of hydrogen-bond acceptors (Lipinski definition) is 4. The average molecular weight is 285 g/mol. The second kappa shape index (κ2) is 5.90. The van der Waals surface area contributed by atoms with E-state index in [-0.39, 0.29) is 24.1 Å². The van der Waals surface area contributed by atoms with E-state index in [1.54, 1.807) is 18.2 Å². The summed E-state index contributed by atoms with van der Waals surface area (Å²) < 4.78 is 31.9. The molecule has 0 bridgehead atoms. The van der Waals surface area contributed by atoms with Crippen molar-refractivity contribution in [2.75, 3.05) is 20.3 Å². The van der Waals surface area contributed by atoms with Crippen molar-refractivity contribution in [3.63, 3.8) is 0 Å². The first-order chi connectivity index (χ1) is 9.11. The summed E-state index contributed by atoms with van der Waals surface area (Å²) in [6, 6.07) is 6.58. The van der Waals surface area contributed by atoms with Crippen LogP contribution in [0.4, 0.5) is 0 Å². The Hall–Kier alpha value is -1.11. The van der Waals surface area contributed by atoms with E-state index in [2.05, 4.69) is 0 Å². The molecule has 2 rings (SSSR count). The number of methoxy groups -OCH3 is 1. The molecule has 0 atom stereocenters. The van der Waals surface area contributed by atoms with Crippen LogP contribution in [0.1, 0.15) is 19.3 Å². The van der Waals surface area contributed by atoms with Crippen LogP contribution in [0.5, 0.6) is 5.75 Å². The van der Waals surface area contributed by atoms with Crippen molar-refractivity contribution >= 4 is 10.0 Å². The van der Waals surface area contributed by atoms with Gasteiger partial charge in [0.2, 0.25) is 10.0 Å². The number of benzene rings is 1. The van der Waals surface area contributed by atoms with Gasteiger partial charge in [-0.25, -0.2) is 8.42 Å². The predicted octanol–water partition coefficient (Wildman–Crippen LogP) is 1.23. The van der Waals surface area contributed by atoms with Crippen LogP contribution < -0.4 is 4.74 Å². The third-order valence-corrected chi connectivity index (χ3v) is 5.45. The molecule has 5 nitrogen and oxygen atoms in total. The van der Waals surface area contributed by atoms with Gasteiger partial charge in [0.15, 0.2) is 0 Å². The van der Waals surface area contributed by atoms with Gasteiger partial charge < -0.3 is 9.84 Å². The number of ether oxygens (including phenoxy) is 1. The number of hydrogen-bond donors (Lipinski definition) is 1. The fraction of sp³-hybridized carbons (Fsp3) is 0.538. The van der Waals surface area contributed by atoms with E-state index in [0.29, 0.717) is 5.75 Å². The van der Waals surface area contributed by atoms with Crippen molar-refractivity contribution in [3.05, 3.63) is 24.3 Å². The highest BCUT2D eigenvalue weighted by molar-refractivity contribution is 7.89. The minimum absolute atomic E-state index is 0.00191. The Bertz CT molecular complexity index is 525. The highest BCUT2D eigenvalue weighted by Crippen LogP contribution is 2.32. The summed E-state index contributed by atoms with van der Waals surface area (Å²) in [4.78, 5) is 0.165. The van der Waals surface area contributed by atoms with Crippen LogP contribution >= 0.6 is 0 Å².